The fraction of sp³-hybridized carbons (Fsp3) is 0.500. The van der Waals surface area contributed by atoms with Crippen LogP contribution in [0.15, 0.2) is 95.0 Å². The first kappa shape index (κ1) is 69.2. The zero-order valence-corrected chi connectivity index (χ0v) is 54.8. The maximum atomic E-state index is 13.2. The van der Waals surface area contributed by atoms with Crippen LogP contribution in [0.1, 0.15) is 97.2 Å². The van der Waals surface area contributed by atoms with Gasteiger partial charge in [0.2, 0.25) is 20.0 Å². The molecule has 2 aliphatic carbocycles. The lowest BCUT2D eigenvalue weighted by atomic mass is 10.0. The Labute approximate surface area is 553 Å². The Kier molecular flexibility index (Phi) is 23.2. The molecule has 26 nitrogen and oxygen atoms in total. The largest absolute Gasteiger partial charge is 0.484 e. The van der Waals surface area contributed by atoms with Crippen molar-refractivity contribution in [1.82, 2.24) is 59.9 Å². The number of hydrogen-bond acceptors (Lipinski definition) is 20. The van der Waals surface area contributed by atoms with E-state index < -0.39 is 68.5 Å². The Balaban J connectivity index is 0.591. The minimum absolute atomic E-state index is 0.0284. The fourth-order valence-electron chi connectivity index (χ4n) is 12.2. The molecule has 2 saturated heterocycles. The third-order valence-electron chi connectivity index (χ3n) is 17.0. The summed E-state index contributed by atoms with van der Waals surface area (Å²) in [6, 6.07) is 19.7. The van der Waals surface area contributed by atoms with Gasteiger partial charge >= 0.3 is 0 Å². The Morgan fingerprint density at radius 3 is 1.36 bits per heavy atom. The van der Waals surface area contributed by atoms with Crippen molar-refractivity contribution in [3.63, 3.8) is 0 Å². The van der Waals surface area contributed by atoms with Crippen LogP contribution in [0.3, 0.4) is 0 Å². The van der Waals surface area contributed by atoms with Crippen molar-refractivity contribution in [2.45, 2.75) is 161 Å². The van der Waals surface area contributed by atoms with Crippen LogP contribution in [0, 0.1) is 0 Å². The number of fused-ring (bicyclic) bond motifs is 2. The number of aryl methyl sites for hydroxylation is 2. The number of rotatable bonds is 29. The summed E-state index contributed by atoms with van der Waals surface area (Å²) in [6.07, 6.45) is 0.202. The van der Waals surface area contributed by atoms with Gasteiger partial charge in [-0.15, -0.1) is 10.2 Å². The average Bonchev–Trinajstić information content (AvgIpc) is 1.66. The number of aliphatic hydroxyl groups is 4. The summed E-state index contributed by atoms with van der Waals surface area (Å²) in [7, 11) is -7.73. The zero-order valence-electron chi connectivity index (χ0n) is 50.1. The molecule has 6 aromatic rings. The highest BCUT2D eigenvalue weighted by molar-refractivity contribution is 7.89. The van der Waals surface area contributed by atoms with E-state index in [4.69, 9.17) is 67.3 Å². The van der Waals surface area contributed by atoms with Crippen molar-refractivity contribution in [2.24, 2.45) is 11.5 Å². The Hall–Kier alpha value is -5.64. The second-order valence-electron chi connectivity index (χ2n) is 23.7. The molecule has 10 atom stereocenters. The van der Waals surface area contributed by atoms with Gasteiger partial charge in [-0.2, -0.15) is 0 Å². The molecule has 0 bridgehead atoms. The number of carbonyl (C=O) groups is 2. The minimum atomic E-state index is -3.87. The van der Waals surface area contributed by atoms with Gasteiger partial charge in [0.1, 0.15) is 47.3 Å². The van der Waals surface area contributed by atoms with Gasteiger partial charge in [-0.25, -0.2) is 26.3 Å². The zero-order chi connectivity index (χ0) is 65.4. The van der Waals surface area contributed by atoms with Gasteiger partial charge in [-0.1, -0.05) is 56.8 Å². The summed E-state index contributed by atoms with van der Waals surface area (Å²) in [6.45, 7) is 3.65. The van der Waals surface area contributed by atoms with Crippen molar-refractivity contribution in [1.29, 1.82) is 0 Å². The van der Waals surface area contributed by atoms with Gasteiger partial charge in [-0.05, 0) is 161 Å². The second kappa shape index (κ2) is 30.8. The van der Waals surface area contributed by atoms with E-state index in [1.165, 1.54) is 46.0 Å². The number of aliphatic hydroxyl groups excluding tert-OH is 4. The topological polar surface area (TPSA) is 370 Å². The van der Waals surface area contributed by atoms with Crippen LogP contribution in [0.2, 0.25) is 20.1 Å². The molecule has 4 aromatic carbocycles. The Bertz CT molecular complexity index is 3520. The molecular weight excluding hydrogens is 1310 g/mol. The van der Waals surface area contributed by atoms with Crippen molar-refractivity contribution in [2.75, 3.05) is 39.3 Å². The highest BCUT2D eigenvalue weighted by Crippen LogP contribution is 2.45. The van der Waals surface area contributed by atoms with Crippen LogP contribution in [0.4, 0.5) is 0 Å². The number of benzene rings is 4. The van der Waals surface area contributed by atoms with Gasteiger partial charge in [0.15, 0.2) is 12.2 Å². The third-order valence-corrected chi connectivity index (χ3v) is 21.1. The minimum Gasteiger partial charge on any atom is -0.484 e. The maximum absolute atomic E-state index is 13.2. The van der Waals surface area contributed by atoms with Crippen LogP contribution in [0.5, 0.6) is 11.5 Å². The van der Waals surface area contributed by atoms with Crippen LogP contribution >= 0.6 is 46.4 Å². The SMILES string of the molecule is N[C@@H]1CCCN([C@H]2Cc3c(Cl)cc(Cl)cc3[C@@H]2Oc2ccc(S(=O)(=O)NCCCCn3cc(CNC(=O)[C@@H](O)[C@H](O)[C@H](O)[C@@H](O)C(=O)NCc4cn(CCCCNS(=O)(=O)c5ccc(O[C@H]6c7cc(Cl)cc(Cl)c7C[C@@H]6N6CCC[C@@H](N)C6)cc5)nn4)nn3)cc2)C1. The molecule has 92 heavy (non-hydrogen) atoms. The van der Waals surface area contributed by atoms with E-state index in [1.54, 1.807) is 36.4 Å². The van der Waals surface area contributed by atoms with Gasteiger partial charge in [-0.3, -0.25) is 28.8 Å². The molecule has 4 aliphatic rings. The van der Waals surface area contributed by atoms with Gasteiger partial charge < -0.3 is 52.0 Å². The number of sulfonamides is 2. The normalized spacial score (nSPS) is 21.7. The number of halogens is 4. The number of piperidine rings is 2. The van der Waals surface area contributed by atoms with E-state index in [0.717, 1.165) is 74.1 Å². The Morgan fingerprint density at radius 1 is 0.587 bits per heavy atom. The maximum Gasteiger partial charge on any atom is 0.251 e. The molecule has 498 valence electrons. The Morgan fingerprint density at radius 2 is 0.978 bits per heavy atom. The molecule has 10 rings (SSSR count). The summed E-state index contributed by atoms with van der Waals surface area (Å²) in [4.78, 5) is 30.4. The van der Waals surface area contributed by atoms with Crippen molar-refractivity contribution in [3.8, 4) is 11.5 Å². The number of nitrogens with zero attached hydrogens (tertiary/aromatic N) is 8. The number of unbranched alkanes of at least 4 members (excludes halogenated alkanes) is 2. The number of carbonyl (C=O) groups excluding carboxylic acids is 2. The molecule has 0 radical (unpaired) electrons. The first-order valence-corrected chi connectivity index (χ1v) is 35.0. The predicted octanol–water partition coefficient (Wildman–Crippen LogP) is 3.31. The summed E-state index contributed by atoms with van der Waals surface area (Å²) in [5.74, 6) is -1.31. The molecule has 2 aliphatic heterocycles. The smallest absolute Gasteiger partial charge is 0.251 e. The number of nitrogens with one attached hydrogen (secondary N) is 4. The first-order valence-electron chi connectivity index (χ1n) is 30.5. The first-order chi connectivity index (χ1) is 44.0. The molecule has 4 heterocycles. The fourth-order valence-corrected chi connectivity index (χ4v) is 15.5. The lowest BCUT2D eigenvalue weighted by molar-refractivity contribution is -0.155. The van der Waals surface area contributed by atoms with E-state index in [0.29, 0.717) is 83.2 Å². The number of amides is 2. The van der Waals surface area contributed by atoms with E-state index in [1.807, 2.05) is 12.1 Å². The molecule has 0 spiro atoms. The van der Waals surface area contributed by atoms with E-state index >= 15 is 0 Å². The molecular formula is C60H76Cl4N14O12S2. The number of aromatic nitrogens is 6. The lowest BCUT2D eigenvalue weighted by Gasteiger charge is -2.38. The van der Waals surface area contributed by atoms with Crippen molar-refractivity contribution in [3.05, 3.63) is 139 Å². The van der Waals surface area contributed by atoms with Crippen LogP contribution in [0.25, 0.3) is 0 Å². The van der Waals surface area contributed by atoms with E-state index in [2.05, 4.69) is 50.5 Å². The van der Waals surface area contributed by atoms with Crippen molar-refractivity contribution < 1.29 is 56.3 Å². The third kappa shape index (κ3) is 17.2. The molecule has 12 N–H and O–H groups in total. The standard InChI is InChI=1S/C60H76Cl4N14O12S2/c61-35-23-47-45(49(63)25-35)27-51(75-19-5-7-37(65)31-75)57(47)89-41-9-13-43(14-10-41)91(85,86)69-17-1-3-21-77-33-39(71-73-77)29-67-59(83)55(81)53(79)54(80)56(82)60(84)68-30-40-34-78(74-72-40)22-4-2-18-70-92(87,88)44-15-11-42(12-16-44)90-58-48-24-36(62)26-50(64)46(48)28-52(58)76-20-6-8-38(66)32-76/h9-16,23-26,33-34,37-38,51-58,69-70,79-82H,1-8,17-22,27-32,65-66H2,(H,67,83)(H,68,84)/t37-,38-,51+,52+,53-,54+,55+,56-,57+,58+/m1/s1. The summed E-state index contributed by atoms with van der Waals surface area (Å²) in [5.41, 5.74) is 17.0. The molecule has 0 saturated carbocycles. The van der Waals surface area contributed by atoms with Gasteiger partial charge in [0.05, 0.1) is 47.4 Å². The highest BCUT2D eigenvalue weighted by Gasteiger charge is 2.43. The lowest BCUT2D eigenvalue weighted by Crippen LogP contribution is -2.54. The van der Waals surface area contributed by atoms with E-state index in [-0.39, 0.29) is 71.5 Å². The number of nitrogens with two attached hydrogens (primary N) is 2. The summed E-state index contributed by atoms with van der Waals surface area (Å²) >= 11 is 26.1. The second-order valence-corrected chi connectivity index (χ2v) is 29.0. The summed E-state index contributed by atoms with van der Waals surface area (Å²) in [5, 5.41) is 65.1. The predicted molar refractivity (Wildman–Crippen MR) is 342 cm³/mol. The number of likely N-dealkylation sites (tertiary alicyclic amines) is 2. The molecule has 2 fully saturated rings. The van der Waals surface area contributed by atoms with Crippen LogP contribution in [-0.4, -0.2) is 177 Å². The van der Waals surface area contributed by atoms with Crippen LogP contribution < -0.4 is 41.0 Å². The average molecular weight is 1390 g/mol. The quantitative estimate of drug-likeness (QED) is 0.0301. The highest BCUT2D eigenvalue weighted by atomic mass is 35.5. The van der Waals surface area contributed by atoms with Gasteiger partial charge in [0, 0.05) is 82.6 Å². The van der Waals surface area contributed by atoms with Crippen LogP contribution in [-0.2, 0) is 68.7 Å². The summed E-state index contributed by atoms with van der Waals surface area (Å²) < 4.78 is 74.3. The molecule has 2 amide bonds. The molecule has 2 aromatic heterocycles. The molecule has 32 heteroatoms. The van der Waals surface area contributed by atoms with Gasteiger partial charge in [0.25, 0.3) is 11.8 Å². The number of ether oxygens (including phenoxy) is 2. The van der Waals surface area contributed by atoms with Crippen molar-refractivity contribution >= 4 is 78.3 Å². The van der Waals surface area contributed by atoms with E-state index in [9.17, 15) is 46.9 Å². The monoisotopic (exact) mass is 1390 g/mol. The number of hydrogen-bond donors (Lipinski definition) is 10. The molecule has 0 unspecified atom stereocenters.